The summed E-state index contributed by atoms with van der Waals surface area (Å²) < 4.78 is 0. The van der Waals surface area contributed by atoms with Gasteiger partial charge in [0.1, 0.15) is 5.82 Å². The Morgan fingerprint density at radius 1 is 1.47 bits per heavy atom. The Balaban J connectivity index is 2.01. The van der Waals surface area contributed by atoms with E-state index in [2.05, 4.69) is 20.3 Å². The molecule has 2 N–H and O–H groups in total. The summed E-state index contributed by atoms with van der Waals surface area (Å²) in [6, 6.07) is 3.79. The number of H-pyrrole nitrogens is 1. The number of carbonyl (C=O) groups is 1. The first kappa shape index (κ1) is 12.0. The fourth-order valence-electron chi connectivity index (χ4n) is 1.89. The lowest BCUT2D eigenvalue weighted by Crippen LogP contribution is -2.04. The highest BCUT2D eigenvalue weighted by Gasteiger charge is 2.26. The number of aromatic amines is 1. The number of anilines is 1. The van der Waals surface area contributed by atoms with Gasteiger partial charge in [-0.15, -0.1) is 0 Å². The van der Waals surface area contributed by atoms with Gasteiger partial charge < -0.3 is 10.3 Å². The number of thioether (sulfide) groups is 1. The van der Waals surface area contributed by atoms with Crippen molar-refractivity contribution < 1.29 is 4.79 Å². The quantitative estimate of drug-likeness (QED) is 0.511. The second-order valence-electron chi connectivity index (χ2n) is 3.99. The second-order valence-corrected chi connectivity index (χ2v) is 5.22. The predicted molar refractivity (Wildman–Crippen MR) is 75.7 cm³/mol. The molecule has 0 atom stereocenters. The normalized spacial score (nSPS) is 15.6. The largest absolute Gasteiger partial charge is 0.362 e. The lowest BCUT2D eigenvalue weighted by molar-refractivity contribution is -0.110. The minimum Gasteiger partial charge on any atom is -0.362 e. The maximum absolute atomic E-state index is 12.0. The Morgan fingerprint density at radius 3 is 3.11 bits per heavy atom. The van der Waals surface area contributed by atoms with Gasteiger partial charge in [-0.25, -0.2) is 9.97 Å². The summed E-state index contributed by atoms with van der Waals surface area (Å²) in [7, 11) is 0. The third-order valence-electron chi connectivity index (χ3n) is 2.73. The Bertz CT molecular complexity index is 649. The number of aromatic nitrogens is 3. The van der Waals surface area contributed by atoms with Crippen LogP contribution in [0.15, 0.2) is 29.7 Å². The Morgan fingerprint density at radius 2 is 2.37 bits per heavy atom. The molecular formula is C13H12N4OS. The van der Waals surface area contributed by atoms with Crippen LogP contribution in [0.25, 0.3) is 11.6 Å². The van der Waals surface area contributed by atoms with Crippen molar-refractivity contribution in [3.63, 3.8) is 0 Å². The number of rotatable bonds is 3. The first-order chi connectivity index (χ1) is 9.28. The molecule has 0 fully saturated rings. The van der Waals surface area contributed by atoms with Crippen LogP contribution in [0.1, 0.15) is 18.2 Å². The Labute approximate surface area is 114 Å². The molecule has 3 heterocycles. The lowest BCUT2D eigenvalue weighted by atomic mass is 10.1. The van der Waals surface area contributed by atoms with Crippen molar-refractivity contribution in [1.29, 1.82) is 0 Å². The molecule has 0 aliphatic carbocycles. The minimum atomic E-state index is -0.141. The van der Waals surface area contributed by atoms with E-state index in [4.69, 9.17) is 0 Å². The van der Waals surface area contributed by atoms with Crippen molar-refractivity contribution >= 4 is 35.1 Å². The van der Waals surface area contributed by atoms with Crippen molar-refractivity contribution in [3.05, 3.63) is 35.8 Å². The third kappa shape index (κ3) is 2.26. The zero-order valence-corrected chi connectivity index (χ0v) is 11.1. The van der Waals surface area contributed by atoms with Crippen molar-refractivity contribution in [2.24, 2.45) is 0 Å². The van der Waals surface area contributed by atoms with Gasteiger partial charge in [0.15, 0.2) is 5.16 Å². The average molecular weight is 272 g/mol. The minimum absolute atomic E-state index is 0.141. The molecule has 5 nitrogen and oxygen atoms in total. The molecule has 0 saturated heterocycles. The van der Waals surface area contributed by atoms with Crippen LogP contribution in [-0.2, 0) is 4.79 Å². The summed E-state index contributed by atoms with van der Waals surface area (Å²) in [4.78, 5) is 23.6. The summed E-state index contributed by atoms with van der Waals surface area (Å²) in [5.41, 5.74) is 2.22. The van der Waals surface area contributed by atoms with E-state index in [0.29, 0.717) is 16.5 Å². The van der Waals surface area contributed by atoms with Crippen molar-refractivity contribution in [2.75, 3.05) is 11.1 Å². The first-order valence-electron chi connectivity index (χ1n) is 5.94. The van der Waals surface area contributed by atoms with E-state index in [-0.39, 0.29) is 5.91 Å². The highest BCUT2D eigenvalue weighted by Crippen LogP contribution is 2.31. The predicted octanol–water partition coefficient (Wildman–Crippen LogP) is 2.41. The molecule has 0 saturated carbocycles. The third-order valence-corrected chi connectivity index (χ3v) is 3.47. The molecule has 1 aliphatic heterocycles. The lowest BCUT2D eigenvalue weighted by Gasteiger charge is -2.00. The molecule has 2 aromatic rings. The van der Waals surface area contributed by atoms with Gasteiger partial charge in [-0.1, -0.05) is 18.7 Å². The van der Waals surface area contributed by atoms with Crippen LogP contribution in [0.3, 0.4) is 0 Å². The molecule has 0 unspecified atom stereocenters. The van der Waals surface area contributed by atoms with E-state index < -0.39 is 0 Å². The maximum atomic E-state index is 12.0. The summed E-state index contributed by atoms with van der Waals surface area (Å²) in [6.45, 7) is 2.04. The van der Waals surface area contributed by atoms with Gasteiger partial charge in [0.2, 0.25) is 0 Å². The molecule has 1 aliphatic rings. The molecule has 0 radical (unpaired) electrons. The smallest absolute Gasteiger partial charge is 0.257 e. The molecule has 1 amide bonds. The van der Waals surface area contributed by atoms with E-state index >= 15 is 0 Å². The number of nitrogens with one attached hydrogen (secondary N) is 2. The zero-order chi connectivity index (χ0) is 13.2. The zero-order valence-electron chi connectivity index (χ0n) is 10.3. The van der Waals surface area contributed by atoms with E-state index in [1.807, 2.05) is 25.3 Å². The van der Waals surface area contributed by atoms with Gasteiger partial charge in [0, 0.05) is 23.7 Å². The number of carbonyl (C=O) groups excluding carboxylic acids is 1. The highest BCUT2D eigenvalue weighted by atomic mass is 32.2. The monoisotopic (exact) mass is 272 g/mol. The fourth-order valence-corrected chi connectivity index (χ4v) is 2.43. The SMILES string of the molecule is CCSc1ncc2c(n1)NC(=O)C2=Cc1ccc[nH]1. The van der Waals surface area contributed by atoms with Crippen LogP contribution in [0, 0.1) is 0 Å². The van der Waals surface area contributed by atoms with Gasteiger partial charge in [0.25, 0.3) is 5.91 Å². The van der Waals surface area contributed by atoms with Crippen LogP contribution in [-0.4, -0.2) is 26.6 Å². The molecule has 19 heavy (non-hydrogen) atoms. The number of hydrogen-bond acceptors (Lipinski definition) is 4. The Hall–Kier alpha value is -2.08. The number of fused-ring (bicyclic) bond motifs is 1. The molecule has 0 aromatic carbocycles. The Kier molecular flexibility index (Phi) is 3.08. The number of amides is 1. The molecule has 2 aromatic heterocycles. The van der Waals surface area contributed by atoms with Crippen LogP contribution in [0.5, 0.6) is 0 Å². The van der Waals surface area contributed by atoms with Crippen molar-refractivity contribution in [1.82, 2.24) is 15.0 Å². The topological polar surface area (TPSA) is 70.7 Å². The summed E-state index contributed by atoms with van der Waals surface area (Å²) in [5, 5.41) is 3.46. The van der Waals surface area contributed by atoms with Crippen LogP contribution in [0.2, 0.25) is 0 Å². The number of hydrogen-bond donors (Lipinski definition) is 2. The van der Waals surface area contributed by atoms with E-state index in [1.54, 1.807) is 24.0 Å². The van der Waals surface area contributed by atoms with Gasteiger partial charge in [-0.3, -0.25) is 4.79 Å². The van der Waals surface area contributed by atoms with Crippen LogP contribution in [0.4, 0.5) is 5.82 Å². The molecule has 6 heteroatoms. The standard InChI is InChI=1S/C13H12N4OS/c1-2-19-13-15-7-10-9(6-8-4-3-5-14-8)12(18)16-11(10)17-13/h3-7,14H,2H2,1H3,(H,15,16,17,18). The molecule has 0 spiro atoms. The maximum Gasteiger partial charge on any atom is 0.257 e. The average Bonchev–Trinajstić information content (AvgIpc) is 2.99. The van der Waals surface area contributed by atoms with Crippen molar-refractivity contribution in [3.8, 4) is 0 Å². The van der Waals surface area contributed by atoms with Gasteiger partial charge in [0.05, 0.1) is 5.57 Å². The second kappa shape index (κ2) is 4.89. The summed E-state index contributed by atoms with van der Waals surface area (Å²) in [6.07, 6.45) is 5.32. The highest BCUT2D eigenvalue weighted by molar-refractivity contribution is 7.99. The first-order valence-corrected chi connectivity index (χ1v) is 6.93. The van der Waals surface area contributed by atoms with Crippen molar-refractivity contribution in [2.45, 2.75) is 12.1 Å². The van der Waals surface area contributed by atoms with Gasteiger partial charge in [-0.2, -0.15) is 0 Å². The van der Waals surface area contributed by atoms with E-state index in [9.17, 15) is 4.79 Å². The van der Waals surface area contributed by atoms with Gasteiger partial charge >= 0.3 is 0 Å². The van der Waals surface area contributed by atoms with E-state index in [0.717, 1.165) is 17.0 Å². The fraction of sp³-hybridized carbons (Fsp3) is 0.154. The molecule has 0 bridgehead atoms. The molecule has 96 valence electrons. The van der Waals surface area contributed by atoms with Crippen LogP contribution < -0.4 is 5.32 Å². The summed E-state index contributed by atoms with van der Waals surface area (Å²) >= 11 is 1.55. The molecular weight excluding hydrogens is 260 g/mol. The van der Waals surface area contributed by atoms with E-state index in [1.165, 1.54) is 0 Å². The molecule has 3 rings (SSSR count). The van der Waals surface area contributed by atoms with Gasteiger partial charge in [-0.05, 0) is 24.0 Å². The summed E-state index contributed by atoms with van der Waals surface area (Å²) in [5.74, 6) is 1.35. The van der Waals surface area contributed by atoms with Crippen LogP contribution >= 0.6 is 11.8 Å². The number of nitrogens with zero attached hydrogens (tertiary/aromatic N) is 2.